The number of aliphatic carboxylic acids is 1. The van der Waals surface area contributed by atoms with E-state index in [1.165, 1.54) is 19.3 Å². The molecule has 2 rings (SSSR count). The smallest absolute Gasteiger partial charge is 0.304 e. The highest BCUT2D eigenvalue weighted by molar-refractivity contribution is 7.81. The van der Waals surface area contributed by atoms with Crippen molar-refractivity contribution >= 4 is 18.6 Å². The zero-order valence-electron chi connectivity index (χ0n) is 10.2. The highest BCUT2D eigenvalue weighted by atomic mass is 32.1. The number of carboxylic acid groups (broad SMARTS) is 1. The predicted molar refractivity (Wildman–Crippen MR) is 68.7 cm³/mol. The van der Waals surface area contributed by atoms with Gasteiger partial charge in [-0.05, 0) is 23.3 Å². The molecule has 0 aliphatic heterocycles. The molecule has 1 N–H and O–H groups in total. The van der Waals surface area contributed by atoms with Gasteiger partial charge in [-0.15, -0.1) is 5.10 Å². The van der Waals surface area contributed by atoms with Gasteiger partial charge in [-0.2, -0.15) is 12.6 Å². The van der Waals surface area contributed by atoms with Crippen molar-refractivity contribution in [1.29, 1.82) is 0 Å². The summed E-state index contributed by atoms with van der Waals surface area (Å²) < 4.78 is 1.87. The van der Waals surface area contributed by atoms with Crippen LogP contribution in [0.15, 0.2) is 0 Å². The minimum Gasteiger partial charge on any atom is -0.481 e. The monoisotopic (exact) mass is 270 g/mol. The van der Waals surface area contributed by atoms with E-state index in [2.05, 4.69) is 28.2 Å². The van der Waals surface area contributed by atoms with Gasteiger partial charge in [-0.25, -0.2) is 4.68 Å². The fourth-order valence-electron chi connectivity index (χ4n) is 2.44. The summed E-state index contributed by atoms with van der Waals surface area (Å²) in [5, 5.41) is 20.2. The molecule has 1 atom stereocenters. The van der Waals surface area contributed by atoms with E-state index < -0.39 is 5.97 Å². The summed E-state index contributed by atoms with van der Waals surface area (Å²) >= 11 is 4.28. The lowest BCUT2D eigenvalue weighted by atomic mass is 9.95. The molecule has 0 radical (unpaired) electrons. The van der Waals surface area contributed by atoms with Crippen LogP contribution in [-0.4, -0.2) is 36.5 Å². The lowest BCUT2D eigenvalue weighted by Gasteiger charge is -2.22. The first-order valence-electron chi connectivity index (χ1n) is 6.33. The number of nitrogens with zero attached hydrogens (tertiary/aromatic N) is 4. The summed E-state index contributed by atoms with van der Waals surface area (Å²) in [5.41, 5.74) is 0. The number of aromatic nitrogens is 4. The van der Waals surface area contributed by atoms with E-state index in [0.717, 1.165) is 18.7 Å². The van der Waals surface area contributed by atoms with Gasteiger partial charge in [0.05, 0.1) is 12.5 Å². The summed E-state index contributed by atoms with van der Waals surface area (Å²) in [6.45, 7) is 0. The molecular weight excluding hydrogens is 252 g/mol. The van der Waals surface area contributed by atoms with Crippen LogP contribution in [0.1, 0.15) is 50.4 Å². The maximum Gasteiger partial charge on any atom is 0.304 e. The summed E-state index contributed by atoms with van der Waals surface area (Å²) in [6.07, 6.45) is 6.44. The first-order chi connectivity index (χ1) is 8.66. The third-order valence-corrected chi connectivity index (χ3v) is 3.68. The Bertz CT molecular complexity index is 404. The van der Waals surface area contributed by atoms with Crippen molar-refractivity contribution in [1.82, 2.24) is 20.2 Å². The molecule has 1 aromatic heterocycles. The van der Waals surface area contributed by atoms with Gasteiger partial charge in [-0.3, -0.25) is 4.79 Å². The third kappa shape index (κ3) is 3.44. The fraction of sp³-hybridized carbons (Fsp3) is 0.818. The first kappa shape index (κ1) is 13.3. The van der Waals surface area contributed by atoms with E-state index in [9.17, 15) is 4.79 Å². The molecule has 1 unspecified atom stereocenters. The first-order valence-corrected chi connectivity index (χ1v) is 6.85. The van der Waals surface area contributed by atoms with Crippen molar-refractivity contribution in [3.8, 4) is 0 Å². The molecule has 1 heterocycles. The maximum absolute atomic E-state index is 10.6. The van der Waals surface area contributed by atoms with Crippen LogP contribution in [0.25, 0.3) is 0 Å². The second kappa shape index (κ2) is 6.17. The molecule has 0 amide bonds. The van der Waals surface area contributed by atoms with Crippen LogP contribution in [-0.2, 0) is 11.2 Å². The molecule has 100 valence electrons. The maximum atomic E-state index is 10.6. The summed E-state index contributed by atoms with van der Waals surface area (Å²) in [5.74, 6) is -0.0881. The molecule has 1 aliphatic carbocycles. The Morgan fingerprint density at radius 2 is 2.17 bits per heavy atom. The normalized spacial score (nSPS) is 18.7. The topological polar surface area (TPSA) is 80.9 Å². The van der Waals surface area contributed by atoms with E-state index in [1.54, 1.807) is 0 Å². The lowest BCUT2D eigenvalue weighted by molar-refractivity contribution is -0.136. The number of hydrogen-bond donors (Lipinski definition) is 2. The van der Waals surface area contributed by atoms with Gasteiger partial charge in [0.1, 0.15) is 0 Å². The third-order valence-electron chi connectivity index (χ3n) is 3.31. The van der Waals surface area contributed by atoms with Crippen LogP contribution in [0.4, 0.5) is 0 Å². The average molecular weight is 270 g/mol. The molecule has 6 nitrogen and oxygen atoms in total. The highest BCUT2D eigenvalue weighted by Crippen LogP contribution is 2.28. The van der Waals surface area contributed by atoms with Gasteiger partial charge in [-0.1, -0.05) is 19.3 Å². The number of rotatable bonds is 5. The molecule has 18 heavy (non-hydrogen) atoms. The zero-order valence-corrected chi connectivity index (χ0v) is 11.1. The van der Waals surface area contributed by atoms with Gasteiger partial charge in [0.25, 0.3) is 0 Å². The zero-order chi connectivity index (χ0) is 13.0. The van der Waals surface area contributed by atoms with Gasteiger partial charge < -0.3 is 5.11 Å². The lowest BCUT2D eigenvalue weighted by Crippen LogP contribution is -2.20. The second-order valence-electron chi connectivity index (χ2n) is 4.79. The Labute approximate surface area is 111 Å². The number of tetrazole rings is 1. The number of carboxylic acids is 1. The van der Waals surface area contributed by atoms with Crippen molar-refractivity contribution in [3.05, 3.63) is 5.82 Å². The summed E-state index contributed by atoms with van der Waals surface area (Å²) in [4.78, 5) is 10.6. The number of carbonyl (C=O) groups is 1. The molecule has 0 saturated heterocycles. The van der Waals surface area contributed by atoms with Gasteiger partial charge >= 0.3 is 5.97 Å². The van der Waals surface area contributed by atoms with Crippen LogP contribution in [0, 0.1) is 0 Å². The van der Waals surface area contributed by atoms with Crippen molar-refractivity contribution < 1.29 is 9.90 Å². The Hall–Kier alpha value is -1.11. The van der Waals surface area contributed by atoms with E-state index >= 15 is 0 Å². The molecule has 1 saturated carbocycles. The highest BCUT2D eigenvalue weighted by Gasteiger charge is 2.21. The van der Waals surface area contributed by atoms with Crippen molar-refractivity contribution in [2.45, 2.75) is 56.2 Å². The Kier molecular flexibility index (Phi) is 4.57. The van der Waals surface area contributed by atoms with E-state index in [1.807, 2.05) is 4.68 Å². The minimum absolute atomic E-state index is 0.0284. The molecule has 1 aromatic rings. The van der Waals surface area contributed by atoms with Gasteiger partial charge in [0, 0.05) is 11.7 Å². The SMILES string of the molecule is O=C(O)CC(S)Cc1nnnn1C1CCCCC1. The fourth-order valence-corrected chi connectivity index (χ4v) is 2.76. The standard InChI is InChI=1S/C11H18N4O2S/c16-11(17)7-9(18)6-10-12-13-14-15(10)8-4-2-1-3-5-8/h8-9,18H,1-7H2,(H,16,17). The molecule has 7 heteroatoms. The Morgan fingerprint density at radius 1 is 1.44 bits per heavy atom. The Balaban J connectivity index is 2.00. The largest absolute Gasteiger partial charge is 0.481 e. The van der Waals surface area contributed by atoms with Crippen molar-refractivity contribution in [3.63, 3.8) is 0 Å². The van der Waals surface area contributed by atoms with Gasteiger partial charge in [0.15, 0.2) is 5.82 Å². The van der Waals surface area contributed by atoms with Gasteiger partial charge in [0.2, 0.25) is 0 Å². The molecule has 1 aliphatic rings. The number of thiol groups is 1. The predicted octanol–water partition coefficient (Wildman–Crippen LogP) is 1.49. The molecular formula is C11H18N4O2S. The second-order valence-corrected chi connectivity index (χ2v) is 5.52. The molecule has 0 bridgehead atoms. The number of hydrogen-bond acceptors (Lipinski definition) is 5. The molecule has 0 spiro atoms. The quantitative estimate of drug-likeness (QED) is 0.792. The van der Waals surface area contributed by atoms with E-state index in [4.69, 9.17) is 5.11 Å². The van der Waals surface area contributed by atoms with Crippen LogP contribution in [0.2, 0.25) is 0 Å². The van der Waals surface area contributed by atoms with Crippen LogP contribution >= 0.6 is 12.6 Å². The van der Waals surface area contributed by atoms with E-state index in [0.29, 0.717) is 12.5 Å². The van der Waals surface area contributed by atoms with Crippen molar-refractivity contribution in [2.24, 2.45) is 0 Å². The summed E-state index contributed by atoms with van der Waals surface area (Å²) in [7, 11) is 0. The minimum atomic E-state index is -0.841. The molecule has 1 fully saturated rings. The Morgan fingerprint density at radius 3 is 2.83 bits per heavy atom. The van der Waals surface area contributed by atoms with Crippen LogP contribution in [0.3, 0.4) is 0 Å². The summed E-state index contributed by atoms with van der Waals surface area (Å²) in [6, 6.07) is 0.370. The van der Waals surface area contributed by atoms with Crippen LogP contribution in [0.5, 0.6) is 0 Å². The molecule has 0 aromatic carbocycles. The van der Waals surface area contributed by atoms with E-state index in [-0.39, 0.29) is 11.7 Å². The van der Waals surface area contributed by atoms with Crippen LogP contribution < -0.4 is 0 Å². The van der Waals surface area contributed by atoms with Crippen molar-refractivity contribution in [2.75, 3.05) is 0 Å². The average Bonchev–Trinajstić information content (AvgIpc) is 2.77.